The number of thiophene rings is 1. The average molecular weight is 671 g/mol. The fraction of sp³-hybridized carbons (Fsp3) is 0. The van der Waals surface area contributed by atoms with E-state index in [2.05, 4.69) is 150 Å². The molecule has 0 unspecified atom stereocenters. The number of furan rings is 1. The quantitative estimate of drug-likeness (QED) is 0.187. The maximum Gasteiger partial charge on any atom is 0.238 e. The van der Waals surface area contributed by atoms with E-state index in [4.69, 9.17) is 19.4 Å². The van der Waals surface area contributed by atoms with Crippen molar-refractivity contribution in [2.75, 3.05) is 0 Å². The van der Waals surface area contributed by atoms with Gasteiger partial charge in [0.1, 0.15) is 11.2 Å². The van der Waals surface area contributed by atoms with E-state index in [-0.39, 0.29) is 0 Å². The third-order valence-corrected chi connectivity index (χ3v) is 11.1. The summed E-state index contributed by atoms with van der Waals surface area (Å²) >= 11 is 1.78. The number of nitrogens with zero attached hydrogens (tertiary/aromatic N) is 4. The van der Waals surface area contributed by atoms with Crippen molar-refractivity contribution in [1.29, 1.82) is 0 Å². The summed E-state index contributed by atoms with van der Waals surface area (Å²) in [5, 5.41) is 7.01. The van der Waals surface area contributed by atoms with E-state index in [9.17, 15) is 0 Å². The van der Waals surface area contributed by atoms with Crippen LogP contribution in [0.3, 0.4) is 0 Å². The normalized spacial score (nSPS) is 11.9. The predicted octanol–water partition coefficient (Wildman–Crippen LogP) is 12.2. The zero-order valence-corrected chi connectivity index (χ0v) is 27.9. The van der Waals surface area contributed by atoms with Gasteiger partial charge in [-0.25, -0.2) is 4.98 Å². The summed E-state index contributed by atoms with van der Waals surface area (Å²) in [6.45, 7) is 0. The van der Waals surface area contributed by atoms with Gasteiger partial charge in [0.2, 0.25) is 5.95 Å². The van der Waals surface area contributed by atoms with Crippen LogP contribution >= 0.6 is 11.3 Å². The molecule has 5 nitrogen and oxygen atoms in total. The first-order valence-corrected chi connectivity index (χ1v) is 17.8. The Morgan fingerprint density at radius 3 is 1.84 bits per heavy atom. The zero-order valence-electron chi connectivity index (χ0n) is 27.1. The Labute approximate surface area is 295 Å². The SMILES string of the molecule is c1ccc2c(c1)oc1ccc(-c3ccc(-c4nc(-c5cccc6c5sc5ccccc56)nc(-n5c6ccccc6c6ccccc65)n4)cc3)cc12. The second-order valence-corrected chi connectivity index (χ2v) is 13.9. The van der Waals surface area contributed by atoms with Crippen LogP contribution in [0.1, 0.15) is 0 Å². The fourth-order valence-corrected chi connectivity index (χ4v) is 8.70. The molecule has 0 radical (unpaired) electrons. The molecule has 7 aromatic carbocycles. The molecule has 0 fully saturated rings. The molecule has 0 N–H and O–H groups in total. The van der Waals surface area contributed by atoms with Gasteiger partial charge in [-0.1, -0.05) is 115 Å². The molecule has 11 aromatic rings. The molecule has 0 saturated carbocycles. The highest BCUT2D eigenvalue weighted by molar-refractivity contribution is 7.26. The minimum Gasteiger partial charge on any atom is -0.456 e. The summed E-state index contributed by atoms with van der Waals surface area (Å²) in [5.74, 6) is 1.86. The molecule has 238 valence electrons. The monoisotopic (exact) mass is 670 g/mol. The van der Waals surface area contributed by atoms with E-state index in [1.807, 2.05) is 12.1 Å². The van der Waals surface area contributed by atoms with Crippen molar-refractivity contribution in [3.8, 4) is 39.9 Å². The van der Waals surface area contributed by atoms with Gasteiger partial charge in [0, 0.05) is 52.8 Å². The molecular weight excluding hydrogens is 645 g/mol. The first-order valence-electron chi connectivity index (χ1n) is 16.9. The van der Waals surface area contributed by atoms with Crippen LogP contribution in [0.15, 0.2) is 162 Å². The largest absolute Gasteiger partial charge is 0.456 e. The molecule has 11 rings (SSSR count). The van der Waals surface area contributed by atoms with Crippen LogP contribution in [0.4, 0.5) is 0 Å². The Bertz CT molecular complexity index is 3100. The molecule has 6 heteroatoms. The molecule has 0 aliphatic carbocycles. The molecule has 0 saturated heterocycles. The number of para-hydroxylation sites is 3. The highest BCUT2D eigenvalue weighted by Gasteiger charge is 2.20. The number of aromatic nitrogens is 4. The molecule has 51 heavy (non-hydrogen) atoms. The first-order chi connectivity index (χ1) is 25.3. The topological polar surface area (TPSA) is 56.7 Å². The zero-order chi connectivity index (χ0) is 33.5. The van der Waals surface area contributed by atoms with Crippen molar-refractivity contribution in [2.45, 2.75) is 0 Å². The van der Waals surface area contributed by atoms with Crippen molar-refractivity contribution in [1.82, 2.24) is 19.5 Å². The molecule has 0 aliphatic rings. The Balaban J connectivity index is 1.11. The predicted molar refractivity (Wildman–Crippen MR) is 211 cm³/mol. The van der Waals surface area contributed by atoms with Gasteiger partial charge in [-0.2, -0.15) is 9.97 Å². The van der Waals surface area contributed by atoms with Gasteiger partial charge in [-0.15, -0.1) is 11.3 Å². The van der Waals surface area contributed by atoms with Gasteiger partial charge in [0.15, 0.2) is 11.6 Å². The number of rotatable bonds is 4. The maximum absolute atomic E-state index is 6.08. The lowest BCUT2D eigenvalue weighted by Crippen LogP contribution is -2.06. The standard InChI is InChI=1S/C45H26N4OS/c1-5-16-37-30(10-1)31-11-2-6-17-38(31)49(37)45-47-43(46-44(48-45)35-15-9-14-34-33-13-4-8-19-41(33)51-42(34)35)28-22-20-27(21-23-28)29-24-25-40-36(26-29)32-12-3-7-18-39(32)50-40/h1-26H. The van der Waals surface area contributed by atoms with E-state index >= 15 is 0 Å². The molecular formula is C45H26N4OS. The molecule has 0 atom stereocenters. The van der Waals surface area contributed by atoms with Gasteiger partial charge in [0.05, 0.1) is 11.0 Å². The Morgan fingerprint density at radius 2 is 1.04 bits per heavy atom. The van der Waals surface area contributed by atoms with Gasteiger partial charge < -0.3 is 4.42 Å². The third kappa shape index (κ3) is 4.37. The Morgan fingerprint density at radius 1 is 0.431 bits per heavy atom. The lowest BCUT2D eigenvalue weighted by atomic mass is 10.0. The number of fused-ring (bicyclic) bond motifs is 9. The van der Waals surface area contributed by atoms with Gasteiger partial charge in [-0.3, -0.25) is 4.57 Å². The number of hydrogen-bond donors (Lipinski definition) is 0. The minimum absolute atomic E-state index is 0.590. The van der Waals surface area contributed by atoms with Crippen LogP contribution in [-0.2, 0) is 0 Å². The smallest absolute Gasteiger partial charge is 0.238 e. The molecule has 4 aromatic heterocycles. The van der Waals surface area contributed by atoms with Crippen LogP contribution in [0.5, 0.6) is 0 Å². The second kappa shape index (κ2) is 10.9. The Kier molecular flexibility index (Phi) is 6.05. The summed E-state index contributed by atoms with van der Waals surface area (Å²) in [5.41, 5.74) is 8.05. The van der Waals surface area contributed by atoms with E-state index in [0.29, 0.717) is 17.6 Å². The van der Waals surface area contributed by atoms with E-state index < -0.39 is 0 Å². The summed E-state index contributed by atoms with van der Waals surface area (Å²) in [7, 11) is 0. The van der Waals surface area contributed by atoms with Gasteiger partial charge in [0.25, 0.3) is 0 Å². The van der Waals surface area contributed by atoms with Crippen LogP contribution < -0.4 is 0 Å². The highest BCUT2D eigenvalue weighted by atomic mass is 32.1. The second-order valence-electron chi connectivity index (χ2n) is 12.8. The fourth-order valence-electron chi connectivity index (χ4n) is 7.49. The van der Waals surface area contributed by atoms with Crippen LogP contribution in [0.2, 0.25) is 0 Å². The molecule has 0 spiro atoms. The van der Waals surface area contributed by atoms with Gasteiger partial charge >= 0.3 is 0 Å². The lowest BCUT2D eigenvalue weighted by Gasteiger charge is -2.12. The third-order valence-electron chi connectivity index (χ3n) is 9.90. The summed E-state index contributed by atoms with van der Waals surface area (Å²) < 4.78 is 10.7. The molecule has 0 bridgehead atoms. The first kappa shape index (κ1) is 28.2. The van der Waals surface area contributed by atoms with Crippen molar-refractivity contribution in [3.63, 3.8) is 0 Å². The molecule has 0 aliphatic heterocycles. The minimum atomic E-state index is 0.590. The maximum atomic E-state index is 6.08. The lowest BCUT2D eigenvalue weighted by molar-refractivity contribution is 0.669. The van der Waals surface area contributed by atoms with Crippen molar-refractivity contribution < 1.29 is 4.42 Å². The van der Waals surface area contributed by atoms with Crippen molar-refractivity contribution in [3.05, 3.63) is 158 Å². The van der Waals surface area contributed by atoms with Crippen LogP contribution in [0.25, 0.3) is 104 Å². The number of benzene rings is 7. The molecule has 0 amide bonds. The summed E-state index contributed by atoms with van der Waals surface area (Å²) in [4.78, 5) is 15.6. The number of hydrogen-bond acceptors (Lipinski definition) is 5. The molecule has 4 heterocycles. The van der Waals surface area contributed by atoms with E-state index in [0.717, 1.165) is 66.0 Å². The van der Waals surface area contributed by atoms with E-state index in [1.165, 1.54) is 20.2 Å². The highest BCUT2D eigenvalue weighted by Crippen LogP contribution is 2.40. The Hall–Kier alpha value is -6.63. The van der Waals surface area contributed by atoms with E-state index in [1.54, 1.807) is 11.3 Å². The van der Waals surface area contributed by atoms with Crippen LogP contribution in [0, 0.1) is 0 Å². The van der Waals surface area contributed by atoms with Crippen molar-refractivity contribution in [2.24, 2.45) is 0 Å². The summed E-state index contributed by atoms with van der Waals surface area (Å²) in [6, 6.07) is 55.0. The average Bonchev–Trinajstić information content (AvgIpc) is 3.87. The van der Waals surface area contributed by atoms with Crippen LogP contribution in [-0.4, -0.2) is 19.5 Å². The van der Waals surface area contributed by atoms with Gasteiger partial charge in [-0.05, 0) is 53.6 Å². The summed E-state index contributed by atoms with van der Waals surface area (Å²) in [6.07, 6.45) is 0. The van der Waals surface area contributed by atoms with Crippen molar-refractivity contribution >= 4 is 75.3 Å².